The van der Waals surface area contributed by atoms with Crippen molar-refractivity contribution >= 4 is 17.5 Å². The molecule has 1 heterocycles. The van der Waals surface area contributed by atoms with Crippen molar-refractivity contribution in [3.63, 3.8) is 0 Å². The third kappa shape index (κ3) is 2.67. The molecule has 1 aliphatic rings. The number of carbonyl (C=O) groups excluding carboxylic acids is 2. The Morgan fingerprint density at radius 2 is 2.05 bits per heavy atom. The maximum Gasteiger partial charge on any atom is 0.308 e. The highest BCUT2D eigenvalue weighted by atomic mass is 19.1. The molecule has 0 aliphatic carbocycles. The van der Waals surface area contributed by atoms with Crippen LogP contribution in [0.15, 0.2) is 12.1 Å². The fourth-order valence-electron chi connectivity index (χ4n) is 2.32. The van der Waals surface area contributed by atoms with Gasteiger partial charge in [0.25, 0.3) is 5.91 Å². The summed E-state index contributed by atoms with van der Waals surface area (Å²) < 4.78 is 27.3. The van der Waals surface area contributed by atoms with Crippen molar-refractivity contribution in [1.82, 2.24) is 4.90 Å². The van der Waals surface area contributed by atoms with Crippen LogP contribution in [0.5, 0.6) is 0 Å². The van der Waals surface area contributed by atoms with E-state index in [-0.39, 0.29) is 6.54 Å². The second-order valence-electron chi connectivity index (χ2n) is 4.60. The van der Waals surface area contributed by atoms with Gasteiger partial charge < -0.3 is 10.6 Å². The lowest BCUT2D eigenvalue weighted by atomic mass is 10.1. The standard InChI is InChI=1S/C12H11F2N3O4/c13-6-4-7(10(14)9(5-6)17(20)21)12(19)16-3-1-2-8(16)11(15)18/h4-5,8H,1-3H2,(H2,15,18). The summed E-state index contributed by atoms with van der Waals surface area (Å²) in [6.45, 7) is 0.149. The maximum atomic E-state index is 14.0. The van der Waals surface area contributed by atoms with Crippen LogP contribution in [-0.4, -0.2) is 34.2 Å². The van der Waals surface area contributed by atoms with E-state index in [9.17, 15) is 28.5 Å². The summed E-state index contributed by atoms with van der Waals surface area (Å²) in [5, 5.41) is 10.6. The van der Waals surface area contributed by atoms with Gasteiger partial charge in [-0.1, -0.05) is 0 Å². The lowest BCUT2D eigenvalue weighted by Gasteiger charge is -2.22. The lowest BCUT2D eigenvalue weighted by molar-refractivity contribution is -0.387. The van der Waals surface area contributed by atoms with Crippen molar-refractivity contribution in [3.8, 4) is 0 Å². The van der Waals surface area contributed by atoms with Crippen molar-refractivity contribution in [3.05, 3.63) is 39.4 Å². The predicted molar refractivity (Wildman–Crippen MR) is 66.3 cm³/mol. The van der Waals surface area contributed by atoms with E-state index in [0.29, 0.717) is 25.0 Å². The molecule has 0 aromatic heterocycles. The fourth-order valence-corrected chi connectivity index (χ4v) is 2.32. The van der Waals surface area contributed by atoms with Crippen LogP contribution in [0.4, 0.5) is 14.5 Å². The minimum atomic E-state index is -1.43. The topological polar surface area (TPSA) is 107 Å². The summed E-state index contributed by atoms with van der Waals surface area (Å²) in [7, 11) is 0. The van der Waals surface area contributed by atoms with E-state index >= 15 is 0 Å². The van der Waals surface area contributed by atoms with Gasteiger partial charge in [-0.2, -0.15) is 4.39 Å². The second kappa shape index (κ2) is 5.43. The summed E-state index contributed by atoms with van der Waals surface area (Å²) >= 11 is 0. The highest BCUT2D eigenvalue weighted by Crippen LogP contribution is 2.26. The van der Waals surface area contributed by atoms with Gasteiger partial charge in [0.05, 0.1) is 16.6 Å². The monoisotopic (exact) mass is 299 g/mol. The van der Waals surface area contributed by atoms with Crippen LogP contribution in [0.3, 0.4) is 0 Å². The molecule has 1 atom stereocenters. The summed E-state index contributed by atoms with van der Waals surface area (Å²) in [4.78, 5) is 34.0. The highest BCUT2D eigenvalue weighted by Gasteiger charge is 2.36. The molecule has 1 saturated heterocycles. The first-order valence-corrected chi connectivity index (χ1v) is 6.06. The molecule has 2 amide bonds. The zero-order valence-electron chi connectivity index (χ0n) is 10.7. The molecule has 1 aromatic rings. The minimum absolute atomic E-state index is 0.149. The number of halogens is 2. The van der Waals surface area contributed by atoms with E-state index in [2.05, 4.69) is 0 Å². The molecular weight excluding hydrogens is 288 g/mol. The minimum Gasteiger partial charge on any atom is -0.368 e. The van der Waals surface area contributed by atoms with E-state index in [1.165, 1.54) is 0 Å². The Morgan fingerprint density at radius 3 is 2.62 bits per heavy atom. The Morgan fingerprint density at radius 1 is 1.38 bits per heavy atom. The zero-order valence-corrected chi connectivity index (χ0v) is 10.7. The summed E-state index contributed by atoms with van der Waals surface area (Å²) in [6.07, 6.45) is 0.804. The largest absolute Gasteiger partial charge is 0.368 e. The number of carbonyl (C=O) groups is 2. The van der Waals surface area contributed by atoms with Crippen LogP contribution in [-0.2, 0) is 4.79 Å². The number of nitrogens with zero attached hydrogens (tertiary/aromatic N) is 2. The Bertz CT molecular complexity index is 635. The number of nitrogens with two attached hydrogens (primary N) is 1. The number of nitro benzene ring substituents is 1. The molecule has 112 valence electrons. The molecule has 0 radical (unpaired) electrons. The molecule has 1 aromatic carbocycles. The van der Waals surface area contributed by atoms with Gasteiger partial charge in [-0.05, 0) is 18.9 Å². The van der Waals surface area contributed by atoms with Gasteiger partial charge in [0, 0.05) is 6.54 Å². The number of primary amides is 1. The van der Waals surface area contributed by atoms with Gasteiger partial charge in [0.1, 0.15) is 11.9 Å². The third-order valence-corrected chi connectivity index (χ3v) is 3.29. The van der Waals surface area contributed by atoms with Crippen LogP contribution in [0.25, 0.3) is 0 Å². The quantitative estimate of drug-likeness (QED) is 0.662. The first kappa shape index (κ1) is 14.8. The molecule has 0 bridgehead atoms. The van der Waals surface area contributed by atoms with Gasteiger partial charge in [-0.25, -0.2) is 4.39 Å². The number of hydrogen-bond acceptors (Lipinski definition) is 4. The van der Waals surface area contributed by atoms with Gasteiger partial charge in [-0.15, -0.1) is 0 Å². The van der Waals surface area contributed by atoms with Gasteiger partial charge in [0.15, 0.2) is 0 Å². The van der Waals surface area contributed by atoms with Crippen LogP contribution in [0.2, 0.25) is 0 Å². The summed E-state index contributed by atoms with van der Waals surface area (Å²) in [5.74, 6) is -4.29. The number of amides is 2. The number of hydrogen-bond donors (Lipinski definition) is 1. The smallest absolute Gasteiger partial charge is 0.308 e. The average molecular weight is 299 g/mol. The van der Waals surface area contributed by atoms with E-state index < -0.39 is 45.7 Å². The Balaban J connectivity index is 2.44. The van der Waals surface area contributed by atoms with Crippen LogP contribution in [0.1, 0.15) is 23.2 Å². The molecule has 0 saturated carbocycles. The average Bonchev–Trinajstić information content (AvgIpc) is 2.89. The Kier molecular flexibility index (Phi) is 3.83. The Hall–Kier alpha value is -2.58. The van der Waals surface area contributed by atoms with E-state index in [1.54, 1.807) is 0 Å². The normalized spacial score (nSPS) is 17.8. The molecular formula is C12H11F2N3O4. The van der Waals surface area contributed by atoms with Gasteiger partial charge in [0.2, 0.25) is 11.7 Å². The first-order valence-electron chi connectivity index (χ1n) is 6.06. The van der Waals surface area contributed by atoms with Crippen molar-refractivity contribution in [2.75, 3.05) is 6.54 Å². The van der Waals surface area contributed by atoms with Crippen LogP contribution < -0.4 is 5.73 Å². The summed E-state index contributed by atoms with van der Waals surface area (Å²) in [6, 6.07) is 0.0436. The van der Waals surface area contributed by atoms with Crippen LogP contribution >= 0.6 is 0 Å². The Labute approximate surface area is 117 Å². The molecule has 2 rings (SSSR count). The van der Waals surface area contributed by atoms with Gasteiger partial charge >= 0.3 is 5.69 Å². The fraction of sp³-hybridized carbons (Fsp3) is 0.333. The van der Waals surface area contributed by atoms with Crippen molar-refractivity contribution in [2.45, 2.75) is 18.9 Å². The molecule has 2 N–H and O–H groups in total. The predicted octanol–water partition coefficient (Wildman–Crippen LogP) is 0.963. The molecule has 1 fully saturated rings. The van der Waals surface area contributed by atoms with E-state index in [4.69, 9.17) is 5.73 Å². The lowest BCUT2D eigenvalue weighted by Crippen LogP contribution is -2.44. The van der Waals surface area contributed by atoms with E-state index in [1.807, 2.05) is 0 Å². The molecule has 21 heavy (non-hydrogen) atoms. The van der Waals surface area contributed by atoms with Crippen molar-refractivity contribution < 1.29 is 23.3 Å². The molecule has 1 aliphatic heterocycles. The first-order chi connectivity index (χ1) is 9.82. The van der Waals surface area contributed by atoms with Crippen molar-refractivity contribution in [1.29, 1.82) is 0 Å². The van der Waals surface area contributed by atoms with Gasteiger partial charge in [-0.3, -0.25) is 19.7 Å². The number of nitro groups is 1. The number of benzene rings is 1. The zero-order chi connectivity index (χ0) is 15.7. The van der Waals surface area contributed by atoms with Crippen molar-refractivity contribution in [2.24, 2.45) is 5.73 Å². The van der Waals surface area contributed by atoms with Crippen LogP contribution in [0, 0.1) is 21.7 Å². The third-order valence-electron chi connectivity index (χ3n) is 3.29. The summed E-state index contributed by atoms with van der Waals surface area (Å²) in [5.41, 5.74) is 3.23. The SMILES string of the molecule is NC(=O)C1CCCN1C(=O)c1cc(F)cc([N+](=O)[O-])c1F. The molecule has 0 spiro atoms. The molecule has 9 heteroatoms. The molecule has 7 nitrogen and oxygen atoms in total. The number of likely N-dealkylation sites (tertiary alicyclic amines) is 1. The number of rotatable bonds is 3. The highest BCUT2D eigenvalue weighted by molar-refractivity contribution is 5.98. The second-order valence-corrected chi connectivity index (χ2v) is 4.60. The van der Waals surface area contributed by atoms with E-state index in [0.717, 1.165) is 4.90 Å². The molecule has 1 unspecified atom stereocenters. The maximum absolute atomic E-state index is 14.0.